The van der Waals surface area contributed by atoms with Crippen LogP contribution in [0.25, 0.3) is 0 Å². The molecule has 102 valence electrons. The molecule has 0 fully saturated rings. The van der Waals surface area contributed by atoms with Gasteiger partial charge in [-0.1, -0.05) is 50.1 Å². The number of methoxy groups -OCH3 is 1. The summed E-state index contributed by atoms with van der Waals surface area (Å²) in [6.45, 7) is 9.47. The van der Waals surface area contributed by atoms with Gasteiger partial charge < -0.3 is 10.1 Å². The summed E-state index contributed by atoms with van der Waals surface area (Å²) < 4.78 is 5.07. The van der Waals surface area contributed by atoms with E-state index in [1.54, 1.807) is 7.11 Å². The molecule has 1 aromatic rings. The van der Waals surface area contributed by atoms with E-state index >= 15 is 0 Å². The Morgan fingerprint density at radius 2 is 1.89 bits per heavy atom. The Labute approximate surface area is 112 Å². The molecule has 0 saturated carbocycles. The van der Waals surface area contributed by atoms with Gasteiger partial charge in [-0.25, -0.2) is 0 Å². The van der Waals surface area contributed by atoms with Gasteiger partial charge in [0, 0.05) is 20.2 Å². The maximum atomic E-state index is 5.07. The average Bonchev–Trinajstić information content (AvgIpc) is 2.39. The van der Waals surface area contributed by atoms with Crippen LogP contribution >= 0.6 is 0 Å². The first-order chi connectivity index (χ1) is 8.69. The average molecular weight is 249 g/mol. The predicted octanol–water partition coefficient (Wildman–Crippen LogP) is 3.36. The van der Waals surface area contributed by atoms with Crippen LogP contribution in [0.2, 0.25) is 0 Å². The maximum Gasteiger partial charge on any atom is 0.0587 e. The molecule has 0 spiro atoms. The Morgan fingerprint density at radius 3 is 2.44 bits per heavy atom. The lowest BCUT2D eigenvalue weighted by molar-refractivity contribution is 0.198. The zero-order valence-corrected chi connectivity index (χ0v) is 12.2. The number of nitrogens with one attached hydrogen (secondary N) is 1. The number of hydrogen-bond acceptors (Lipinski definition) is 2. The summed E-state index contributed by atoms with van der Waals surface area (Å²) in [7, 11) is 1.74. The van der Waals surface area contributed by atoms with Crippen molar-refractivity contribution in [2.24, 2.45) is 5.92 Å². The number of hydrogen-bond donors (Lipinski definition) is 1. The molecule has 18 heavy (non-hydrogen) atoms. The molecule has 0 aliphatic heterocycles. The summed E-state index contributed by atoms with van der Waals surface area (Å²) >= 11 is 0. The second-order valence-electron chi connectivity index (χ2n) is 5.10. The molecule has 0 aliphatic rings. The molecule has 0 aliphatic carbocycles. The van der Waals surface area contributed by atoms with Crippen molar-refractivity contribution in [1.29, 1.82) is 0 Å². The summed E-state index contributed by atoms with van der Waals surface area (Å²) in [5, 5.41) is 3.49. The van der Waals surface area contributed by atoms with Crippen LogP contribution in [0.4, 0.5) is 0 Å². The quantitative estimate of drug-likeness (QED) is 0.713. The van der Waals surface area contributed by atoms with Gasteiger partial charge in [-0.3, -0.25) is 0 Å². The number of aryl methyl sites for hydroxylation is 1. The summed E-state index contributed by atoms with van der Waals surface area (Å²) in [5.74, 6) is 1.29. The van der Waals surface area contributed by atoms with Crippen molar-refractivity contribution < 1.29 is 4.74 Å². The highest BCUT2D eigenvalue weighted by Gasteiger charge is 2.17. The molecule has 1 aromatic carbocycles. The molecule has 0 radical (unpaired) electrons. The molecule has 0 saturated heterocycles. The third-order valence-corrected chi connectivity index (χ3v) is 3.68. The molecule has 1 rings (SSSR count). The molecule has 0 amide bonds. The van der Waals surface area contributed by atoms with Crippen LogP contribution in [-0.2, 0) is 4.74 Å². The van der Waals surface area contributed by atoms with Gasteiger partial charge in [-0.05, 0) is 24.3 Å². The smallest absolute Gasteiger partial charge is 0.0587 e. The Bertz CT molecular complexity index is 320. The van der Waals surface area contributed by atoms with E-state index in [0.29, 0.717) is 11.8 Å². The van der Waals surface area contributed by atoms with E-state index in [1.165, 1.54) is 17.5 Å². The highest BCUT2D eigenvalue weighted by molar-refractivity contribution is 5.25. The fraction of sp³-hybridized carbons (Fsp3) is 0.625. The van der Waals surface area contributed by atoms with Crippen molar-refractivity contribution in [3.8, 4) is 0 Å². The number of ether oxygens (including phenoxy) is 1. The van der Waals surface area contributed by atoms with E-state index in [0.717, 1.165) is 19.7 Å². The minimum Gasteiger partial charge on any atom is -0.383 e. The normalized spacial score (nSPS) is 14.4. The van der Waals surface area contributed by atoms with Gasteiger partial charge in [0.15, 0.2) is 0 Å². The van der Waals surface area contributed by atoms with Crippen LogP contribution in [0.1, 0.15) is 37.3 Å². The fourth-order valence-corrected chi connectivity index (χ4v) is 2.18. The third kappa shape index (κ3) is 4.79. The molecule has 1 N–H and O–H groups in total. The molecule has 2 nitrogen and oxygen atoms in total. The van der Waals surface area contributed by atoms with Gasteiger partial charge in [0.2, 0.25) is 0 Å². The highest BCUT2D eigenvalue weighted by atomic mass is 16.5. The molecule has 2 heteroatoms. The molecule has 0 heterocycles. The molecule has 2 unspecified atom stereocenters. The molecule has 2 atom stereocenters. The first-order valence-electron chi connectivity index (χ1n) is 6.95. The lowest BCUT2D eigenvalue weighted by Crippen LogP contribution is -2.28. The first kappa shape index (κ1) is 15.2. The summed E-state index contributed by atoms with van der Waals surface area (Å²) in [4.78, 5) is 0. The summed E-state index contributed by atoms with van der Waals surface area (Å²) in [6, 6.07) is 8.95. The van der Waals surface area contributed by atoms with Crippen LogP contribution in [0.15, 0.2) is 24.3 Å². The lowest BCUT2D eigenvalue weighted by atomic mass is 9.85. The van der Waals surface area contributed by atoms with Crippen LogP contribution < -0.4 is 5.32 Å². The maximum absolute atomic E-state index is 5.07. The van der Waals surface area contributed by atoms with E-state index < -0.39 is 0 Å². The van der Waals surface area contributed by atoms with Crippen LogP contribution in [0, 0.1) is 12.8 Å². The summed E-state index contributed by atoms with van der Waals surface area (Å²) in [6.07, 6.45) is 1.21. The van der Waals surface area contributed by atoms with Crippen LogP contribution in [-0.4, -0.2) is 26.8 Å². The topological polar surface area (TPSA) is 21.3 Å². The van der Waals surface area contributed by atoms with Crippen molar-refractivity contribution >= 4 is 0 Å². The van der Waals surface area contributed by atoms with Crippen molar-refractivity contribution in [3.05, 3.63) is 35.4 Å². The van der Waals surface area contributed by atoms with Crippen molar-refractivity contribution in [2.75, 3.05) is 26.8 Å². The molecule has 0 bridgehead atoms. The molecular weight excluding hydrogens is 222 g/mol. The SMILES string of the molecule is CCC(C)C(CNCCOC)c1ccc(C)cc1. The third-order valence-electron chi connectivity index (χ3n) is 3.68. The monoisotopic (exact) mass is 249 g/mol. The van der Waals surface area contributed by atoms with E-state index in [4.69, 9.17) is 4.74 Å². The van der Waals surface area contributed by atoms with E-state index in [1.807, 2.05) is 0 Å². The van der Waals surface area contributed by atoms with E-state index in [9.17, 15) is 0 Å². The Balaban J connectivity index is 2.63. The van der Waals surface area contributed by atoms with Gasteiger partial charge in [-0.2, -0.15) is 0 Å². The standard InChI is InChI=1S/C16H27NO/c1-5-14(3)16(12-17-10-11-18-4)15-8-6-13(2)7-9-15/h6-9,14,16-17H,5,10-12H2,1-4H3. The second kappa shape index (κ2) is 8.28. The van der Waals surface area contributed by atoms with Gasteiger partial charge in [0.05, 0.1) is 6.61 Å². The van der Waals surface area contributed by atoms with Crippen molar-refractivity contribution in [2.45, 2.75) is 33.1 Å². The highest BCUT2D eigenvalue weighted by Crippen LogP contribution is 2.26. The largest absolute Gasteiger partial charge is 0.383 e. The van der Waals surface area contributed by atoms with Crippen molar-refractivity contribution in [1.82, 2.24) is 5.32 Å². The van der Waals surface area contributed by atoms with Crippen LogP contribution in [0.3, 0.4) is 0 Å². The van der Waals surface area contributed by atoms with E-state index in [2.05, 4.69) is 50.4 Å². The Morgan fingerprint density at radius 1 is 1.22 bits per heavy atom. The first-order valence-corrected chi connectivity index (χ1v) is 6.95. The van der Waals surface area contributed by atoms with Gasteiger partial charge in [0.25, 0.3) is 0 Å². The second-order valence-corrected chi connectivity index (χ2v) is 5.10. The fourth-order valence-electron chi connectivity index (χ4n) is 2.18. The zero-order chi connectivity index (χ0) is 13.4. The Hall–Kier alpha value is -0.860. The van der Waals surface area contributed by atoms with Crippen LogP contribution in [0.5, 0.6) is 0 Å². The van der Waals surface area contributed by atoms with Gasteiger partial charge in [0.1, 0.15) is 0 Å². The molecular formula is C16H27NO. The van der Waals surface area contributed by atoms with Gasteiger partial charge >= 0.3 is 0 Å². The van der Waals surface area contributed by atoms with Crippen molar-refractivity contribution in [3.63, 3.8) is 0 Å². The van der Waals surface area contributed by atoms with E-state index in [-0.39, 0.29) is 0 Å². The number of benzene rings is 1. The summed E-state index contributed by atoms with van der Waals surface area (Å²) in [5.41, 5.74) is 2.77. The zero-order valence-electron chi connectivity index (χ0n) is 12.2. The minimum absolute atomic E-state index is 0.590. The number of rotatable bonds is 8. The van der Waals surface area contributed by atoms with Gasteiger partial charge in [-0.15, -0.1) is 0 Å². The lowest BCUT2D eigenvalue weighted by Gasteiger charge is -2.24. The Kier molecular flexibility index (Phi) is 6.99. The molecule has 0 aromatic heterocycles. The predicted molar refractivity (Wildman–Crippen MR) is 78.1 cm³/mol. The minimum atomic E-state index is 0.590.